The Bertz CT molecular complexity index is 472. The minimum atomic E-state index is -1.17. The van der Waals surface area contributed by atoms with Gasteiger partial charge in [-0.15, -0.1) is 0 Å². The van der Waals surface area contributed by atoms with Crippen molar-refractivity contribution in [2.24, 2.45) is 0 Å². The molecule has 1 aromatic rings. The second-order valence-electron chi connectivity index (χ2n) is 3.60. The van der Waals surface area contributed by atoms with Crippen molar-refractivity contribution in [3.63, 3.8) is 0 Å². The highest BCUT2D eigenvalue weighted by molar-refractivity contribution is 6.34. The Hall–Kier alpha value is -1.81. The van der Waals surface area contributed by atoms with Gasteiger partial charge in [-0.25, -0.2) is 4.79 Å². The van der Waals surface area contributed by atoms with Gasteiger partial charge >= 0.3 is 5.97 Å². The first kappa shape index (κ1) is 13.3. The van der Waals surface area contributed by atoms with E-state index >= 15 is 0 Å². The smallest absolute Gasteiger partial charge is 0.328 e. The van der Waals surface area contributed by atoms with Crippen LogP contribution in [0.25, 0.3) is 0 Å². The molecule has 0 aliphatic heterocycles. The Morgan fingerprint density at radius 2 is 1.94 bits per heavy atom. The van der Waals surface area contributed by atoms with Gasteiger partial charge in [0.05, 0.1) is 10.7 Å². The largest absolute Gasteiger partial charge is 0.478 e. The van der Waals surface area contributed by atoms with Crippen LogP contribution in [-0.4, -0.2) is 17.0 Å². The quantitative estimate of drug-likeness (QED) is 0.814. The van der Waals surface area contributed by atoms with Crippen LogP contribution in [0.1, 0.15) is 11.1 Å². The molecule has 0 spiro atoms. The zero-order valence-corrected chi connectivity index (χ0v) is 10.2. The molecule has 0 atom stereocenters. The molecule has 1 rings (SSSR count). The monoisotopic (exact) mass is 253 g/mol. The highest BCUT2D eigenvalue weighted by atomic mass is 35.5. The van der Waals surface area contributed by atoms with Crippen LogP contribution in [0.2, 0.25) is 5.02 Å². The van der Waals surface area contributed by atoms with E-state index in [1.165, 1.54) is 0 Å². The van der Waals surface area contributed by atoms with Gasteiger partial charge in [-0.3, -0.25) is 4.79 Å². The molecular formula is C12H12ClNO3. The molecule has 0 radical (unpaired) electrons. The number of halogens is 1. The molecule has 0 fully saturated rings. The summed E-state index contributed by atoms with van der Waals surface area (Å²) in [5.41, 5.74) is 2.32. The van der Waals surface area contributed by atoms with Crippen LogP contribution in [0.15, 0.2) is 24.3 Å². The van der Waals surface area contributed by atoms with E-state index in [0.717, 1.165) is 23.3 Å². The van der Waals surface area contributed by atoms with E-state index < -0.39 is 11.9 Å². The Morgan fingerprint density at radius 3 is 2.47 bits per heavy atom. The fraction of sp³-hybridized carbons (Fsp3) is 0.167. The molecule has 0 saturated heterocycles. The third-order valence-electron chi connectivity index (χ3n) is 2.06. The first-order valence-corrected chi connectivity index (χ1v) is 5.26. The van der Waals surface area contributed by atoms with Gasteiger partial charge in [0, 0.05) is 12.2 Å². The van der Waals surface area contributed by atoms with Gasteiger partial charge in [-0.05, 0) is 31.0 Å². The molecule has 90 valence electrons. The lowest BCUT2D eigenvalue weighted by molar-refractivity contribution is -0.131. The molecular weight excluding hydrogens is 242 g/mol. The van der Waals surface area contributed by atoms with E-state index in [9.17, 15) is 9.59 Å². The molecule has 0 aliphatic rings. The van der Waals surface area contributed by atoms with Crippen molar-refractivity contribution in [2.45, 2.75) is 13.8 Å². The molecule has 0 aliphatic carbocycles. The van der Waals surface area contributed by atoms with Crippen molar-refractivity contribution < 1.29 is 14.7 Å². The van der Waals surface area contributed by atoms with Crippen molar-refractivity contribution in [2.75, 3.05) is 5.32 Å². The van der Waals surface area contributed by atoms with Crippen molar-refractivity contribution in [1.82, 2.24) is 0 Å². The van der Waals surface area contributed by atoms with Crippen LogP contribution < -0.4 is 5.32 Å². The molecule has 4 nitrogen and oxygen atoms in total. The van der Waals surface area contributed by atoms with Gasteiger partial charge in [0.1, 0.15) is 0 Å². The maximum atomic E-state index is 11.4. The number of aryl methyl sites for hydroxylation is 2. The normalized spacial score (nSPS) is 10.5. The van der Waals surface area contributed by atoms with E-state index in [-0.39, 0.29) is 0 Å². The number of carbonyl (C=O) groups is 2. The van der Waals surface area contributed by atoms with E-state index in [1.807, 2.05) is 19.9 Å². The van der Waals surface area contributed by atoms with Crippen molar-refractivity contribution in [3.8, 4) is 0 Å². The van der Waals surface area contributed by atoms with Crippen molar-refractivity contribution in [1.29, 1.82) is 0 Å². The lowest BCUT2D eigenvalue weighted by Crippen LogP contribution is -2.10. The predicted octanol–water partition coefficient (Wildman–Crippen LogP) is 2.54. The summed E-state index contributed by atoms with van der Waals surface area (Å²) in [5.74, 6) is -1.70. The third kappa shape index (κ3) is 3.92. The molecule has 17 heavy (non-hydrogen) atoms. The number of carboxylic acids is 1. The molecule has 0 aromatic heterocycles. The van der Waals surface area contributed by atoms with Crippen molar-refractivity contribution >= 4 is 29.2 Å². The number of nitrogens with one attached hydrogen (secondary N) is 1. The number of benzene rings is 1. The number of anilines is 1. The summed E-state index contributed by atoms with van der Waals surface area (Å²) in [6.45, 7) is 3.71. The number of amides is 1. The summed E-state index contributed by atoms with van der Waals surface area (Å²) in [7, 11) is 0. The molecule has 5 heteroatoms. The second kappa shape index (κ2) is 5.50. The van der Waals surface area contributed by atoms with Gasteiger partial charge in [0.25, 0.3) is 0 Å². The van der Waals surface area contributed by atoms with E-state index in [0.29, 0.717) is 10.7 Å². The van der Waals surface area contributed by atoms with Gasteiger partial charge in [0.15, 0.2) is 0 Å². The van der Waals surface area contributed by atoms with E-state index in [2.05, 4.69) is 5.32 Å². The van der Waals surface area contributed by atoms with E-state index in [4.69, 9.17) is 16.7 Å². The predicted molar refractivity (Wildman–Crippen MR) is 66.3 cm³/mol. The number of aliphatic carboxylic acids is 1. The zero-order valence-electron chi connectivity index (χ0n) is 9.45. The first-order valence-electron chi connectivity index (χ1n) is 4.89. The molecule has 0 saturated carbocycles. The summed E-state index contributed by atoms with van der Waals surface area (Å²) < 4.78 is 0. The number of rotatable bonds is 3. The van der Waals surface area contributed by atoms with Gasteiger partial charge in [-0.1, -0.05) is 17.7 Å². The highest BCUT2D eigenvalue weighted by Crippen LogP contribution is 2.27. The van der Waals surface area contributed by atoms with E-state index in [1.54, 1.807) is 6.07 Å². The second-order valence-corrected chi connectivity index (χ2v) is 4.01. The minimum Gasteiger partial charge on any atom is -0.478 e. The van der Waals surface area contributed by atoms with Gasteiger partial charge in [-0.2, -0.15) is 0 Å². The number of hydrogen-bond acceptors (Lipinski definition) is 2. The molecule has 2 N–H and O–H groups in total. The molecule has 0 bridgehead atoms. The Kier molecular flexibility index (Phi) is 4.29. The maximum Gasteiger partial charge on any atom is 0.328 e. The molecule has 1 amide bonds. The molecule has 0 heterocycles. The number of hydrogen-bond donors (Lipinski definition) is 2. The maximum absolute atomic E-state index is 11.4. The summed E-state index contributed by atoms with van der Waals surface area (Å²) in [6, 6.07) is 3.60. The summed E-state index contributed by atoms with van der Waals surface area (Å²) >= 11 is 5.99. The average molecular weight is 254 g/mol. The van der Waals surface area contributed by atoms with Crippen LogP contribution in [0.4, 0.5) is 5.69 Å². The lowest BCUT2D eigenvalue weighted by atomic mass is 10.1. The fourth-order valence-electron chi connectivity index (χ4n) is 1.39. The van der Waals surface area contributed by atoms with Gasteiger partial charge in [0.2, 0.25) is 5.91 Å². The Morgan fingerprint density at radius 1 is 1.29 bits per heavy atom. The van der Waals surface area contributed by atoms with Crippen LogP contribution >= 0.6 is 11.6 Å². The first-order chi connectivity index (χ1) is 7.90. The third-order valence-corrected chi connectivity index (χ3v) is 2.36. The van der Waals surface area contributed by atoms with Crippen LogP contribution in [-0.2, 0) is 9.59 Å². The van der Waals surface area contributed by atoms with Crippen LogP contribution in [0.5, 0.6) is 0 Å². The minimum absolute atomic E-state index is 0.430. The average Bonchev–Trinajstić information content (AvgIpc) is 2.20. The number of carboxylic acid groups (broad SMARTS) is 1. The van der Waals surface area contributed by atoms with Crippen LogP contribution in [0.3, 0.4) is 0 Å². The van der Waals surface area contributed by atoms with Crippen LogP contribution in [0, 0.1) is 13.8 Å². The Labute approximate surface area is 104 Å². The SMILES string of the molecule is Cc1cc(C)c(NC(=O)/C=C/C(=O)O)c(Cl)c1. The molecule has 0 unspecified atom stereocenters. The fourth-order valence-corrected chi connectivity index (χ4v) is 1.75. The lowest BCUT2D eigenvalue weighted by Gasteiger charge is -2.09. The van der Waals surface area contributed by atoms with Crippen molar-refractivity contribution in [3.05, 3.63) is 40.4 Å². The standard InChI is InChI=1S/C12H12ClNO3/c1-7-5-8(2)12(9(13)6-7)14-10(15)3-4-11(16)17/h3-6H,1-2H3,(H,14,15)(H,16,17)/b4-3+. The Balaban J connectivity index is 2.89. The van der Waals surface area contributed by atoms with Gasteiger partial charge < -0.3 is 10.4 Å². The zero-order chi connectivity index (χ0) is 13.0. The number of carbonyl (C=O) groups excluding carboxylic acids is 1. The molecule has 1 aromatic carbocycles. The summed E-state index contributed by atoms with van der Waals surface area (Å²) in [4.78, 5) is 21.6. The highest BCUT2D eigenvalue weighted by Gasteiger charge is 2.07. The summed E-state index contributed by atoms with van der Waals surface area (Å²) in [6.07, 6.45) is 1.71. The summed E-state index contributed by atoms with van der Waals surface area (Å²) in [5, 5.41) is 11.4. The topological polar surface area (TPSA) is 66.4 Å².